The van der Waals surface area contributed by atoms with E-state index in [2.05, 4.69) is 9.73 Å². The number of nitrogens with zero attached hydrogens (tertiary/aromatic N) is 1. The Bertz CT molecular complexity index is 201. The monoisotopic (exact) mass is 173 g/mol. The standard InChI is InChI=1S/C7H11NO2S/c1-7(2)5(6(9)10-3)8-4-11-7/h4-5H,1-3H3/t5-/m0/s1. The Morgan fingerprint density at radius 3 is 2.73 bits per heavy atom. The van der Waals surface area contributed by atoms with Gasteiger partial charge in [0, 0.05) is 4.75 Å². The number of thioether (sulfide) groups is 1. The number of esters is 1. The van der Waals surface area contributed by atoms with Gasteiger partial charge < -0.3 is 4.74 Å². The molecule has 0 saturated heterocycles. The van der Waals surface area contributed by atoms with E-state index in [0.717, 1.165) is 0 Å². The molecule has 0 bridgehead atoms. The van der Waals surface area contributed by atoms with Crippen LogP contribution in [0.15, 0.2) is 4.99 Å². The van der Waals surface area contributed by atoms with E-state index in [4.69, 9.17) is 0 Å². The van der Waals surface area contributed by atoms with Crippen molar-refractivity contribution in [2.45, 2.75) is 24.6 Å². The van der Waals surface area contributed by atoms with Gasteiger partial charge in [-0.1, -0.05) is 0 Å². The van der Waals surface area contributed by atoms with Crippen LogP contribution in [0.3, 0.4) is 0 Å². The smallest absolute Gasteiger partial charge is 0.332 e. The van der Waals surface area contributed by atoms with Crippen LogP contribution in [0.1, 0.15) is 13.8 Å². The van der Waals surface area contributed by atoms with Crippen molar-refractivity contribution >= 4 is 23.3 Å². The zero-order valence-corrected chi connectivity index (χ0v) is 7.64. The summed E-state index contributed by atoms with van der Waals surface area (Å²) in [5.74, 6) is -0.253. The van der Waals surface area contributed by atoms with Crippen molar-refractivity contribution in [3.8, 4) is 0 Å². The largest absolute Gasteiger partial charge is 0.467 e. The van der Waals surface area contributed by atoms with E-state index in [0.29, 0.717) is 0 Å². The highest BCUT2D eigenvalue weighted by Crippen LogP contribution is 2.34. The number of methoxy groups -OCH3 is 1. The van der Waals surface area contributed by atoms with Crippen LogP contribution in [0.2, 0.25) is 0 Å². The van der Waals surface area contributed by atoms with Gasteiger partial charge in [-0.05, 0) is 13.8 Å². The molecule has 0 fully saturated rings. The van der Waals surface area contributed by atoms with Crippen LogP contribution >= 0.6 is 11.8 Å². The maximum atomic E-state index is 11.1. The molecule has 0 N–H and O–H groups in total. The van der Waals surface area contributed by atoms with E-state index in [9.17, 15) is 4.79 Å². The van der Waals surface area contributed by atoms with Gasteiger partial charge in [0.2, 0.25) is 0 Å². The summed E-state index contributed by atoms with van der Waals surface area (Å²) in [6.07, 6.45) is 0. The number of ether oxygens (including phenoxy) is 1. The molecular weight excluding hydrogens is 162 g/mol. The first-order valence-corrected chi connectivity index (χ1v) is 4.23. The van der Waals surface area contributed by atoms with Crippen molar-refractivity contribution in [2.24, 2.45) is 4.99 Å². The van der Waals surface area contributed by atoms with Crippen molar-refractivity contribution in [1.29, 1.82) is 0 Å². The molecule has 11 heavy (non-hydrogen) atoms. The molecule has 0 aliphatic carbocycles. The van der Waals surface area contributed by atoms with Gasteiger partial charge >= 0.3 is 5.97 Å². The summed E-state index contributed by atoms with van der Waals surface area (Å²) in [6.45, 7) is 3.96. The first-order valence-electron chi connectivity index (χ1n) is 3.35. The molecule has 1 heterocycles. The lowest BCUT2D eigenvalue weighted by atomic mass is 10.0. The maximum absolute atomic E-state index is 11.1. The second-order valence-electron chi connectivity index (χ2n) is 2.90. The number of hydrogen-bond acceptors (Lipinski definition) is 4. The van der Waals surface area contributed by atoms with Crippen LogP contribution in [-0.2, 0) is 9.53 Å². The fraction of sp³-hybridized carbons (Fsp3) is 0.714. The molecule has 0 saturated carbocycles. The maximum Gasteiger partial charge on any atom is 0.332 e. The second-order valence-corrected chi connectivity index (χ2v) is 4.40. The molecule has 3 nitrogen and oxygen atoms in total. The average Bonchev–Trinajstić information content (AvgIpc) is 2.28. The van der Waals surface area contributed by atoms with Gasteiger partial charge in [-0.15, -0.1) is 11.8 Å². The van der Waals surface area contributed by atoms with Gasteiger partial charge in [0.05, 0.1) is 12.7 Å². The SMILES string of the molecule is COC(=O)[C@@H]1N=CSC1(C)C. The highest BCUT2D eigenvalue weighted by atomic mass is 32.2. The Labute approximate surface area is 70.2 Å². The molecule has 0 amide bonds. The molecule has 0 unspecified atom stereocenters. The van der Waals surface area contributed by atoms with E-state index >= 15 is 0 Å². The molecule has 4 heteroatoms. The van der Waals surface area contributed by atoms with E-state index < -0.39 is 0 Å². The molecule has 0 spiro atoms. The summed E-state index contributed by atoms with van der Waals surface area (Å²) < 4.78 is 4.46. The minimum atomic E-state index is -0.336. The van der Waals surface area contributed by atoms with Crippen molar-refractivity contribution in [3.05, 3.63) is 0 Å². The highest BCUT2D eigenvalue weighted by Gasteiger charge is 2.39. The number of hydrogen-bond donors (Lipinski definition) is 0. The predicted octanol–water partition coefficient (Wildman–Crippen LogP) is 1.08. The van der Waals surface area contributed by atoms with E-state index in [1.807, 2.05) is 13.8 Å². The van der Waals surface area contributed by atoms with Crippen molar-refractivity contribution in [1.82, 2.24) is 0 Å². The Morgan fingerprint density at radius 2 is 2.36 bits per heavy atom. The van der Waals surface area contributed by atoms with Gasteiger partial charge in [0.15, 0.2) is 6.04 Å². The molecule has 1 aliphatic heterocycles. The number of carbonyl (C=O) groups excluding carboxylic acids is 1. The van der Waals surface area contributed by atoms with Crippen molar-refractivity contribution in [2.75, 3.05) is 7.11 Å². The van der Waals surface area contributed by atoms with E-state index in [1.165, 1.54) is 7.11 Å². The normalized spacial score (nSPS) is 27.0. The molecule has 0 aromatic heterocycles. The molecule has 0 aromatic carbocycles. The molecule has 62 valence electrons. The number of carbonyl (C=O) groups is 1. The summed E-state index contributed by atoms with van der Waals surface area (Å²) in [5.41, 5.74) is 1.71. The molecule has 0 radical (unpaired) electrons. The summed E-state index contributed by atoms with van der Waals surface area (Å²) in [4.78, 5) is 15.1. The number of aliphatic imine (C=N–C) groups is 1. The lowest BCUT2D eigenvalue weighted by molar-refractivity contribution is -0.142. The van der Waals surface area contributed by atoms with Crippen LogP contribution in [-0.4, -0.2) is 29.4 Å². The van der Waals surface area contributed by atoms with E-state index in [1.54, 1.807) is 17.3 Å². The fourth-order valence-corrected chi connectivity index (χ4v) is 1.67. The molecule has 0 aromatic rings. The van der Waals surface area contributed by atoms with Gasteiger partial charge in [-0.25, -0.2) is 4.79 Å². The zero-order chi connectivity index (χ0) is 8.48. The Morgan fingerprint density at radius 1 is 1.73 bits per heavy atom. The topological polar surface area (TPSA) is 38.7 Å². The quantitative estimate of drug-likeness (QED) is 0.557. The van der Waals surface area contributed by atoms with Crippen LogP contribution in [0.25, 0.3) is 0 Å². The Hall–Kier alpha value is -0.510. The summed E-state index contributed by atoms with van der Waals surface area (Å²) in [7, 11) is 1.39. The second kappa shape index (κ2) is 2.85. The minimum absolute atomic E-state index is 0.146. The van der Waals surface area contributed by atoms with Crippen molar-refractivity contribution < 1.29 is 9.53 Å². The molecule has 1 rings (SSSR count). The lowest BCUT2D eigenvalue weighted by Crippen LogP contribution is -2.35. The zero-order valence-electron chi connectivity index (χ0n) is 6.83. The summed E-state index contributed by atoms with van der Waals surface area (Å²) >= 11 is 1.56. The first-order chi connectivity index (χ1) is 5.08. The van der Waals surface area contributed by atoms with Crippen molar-refractivity contribution in [3.63, 3.8) is 0 Å². The Balaban J connectivity index is 2.72. The third kappa shape index (κ3) is 1.56. The third-order valence-corrected chi connectivity index (χ3v) is 2.71. The van der Waals surface area contributed by atoms with Gasteiger partial charge in [0.25, 0.3) is 0 Å². The predicted molar refractivity (Wildman–Crippen MR) is 46.0 cm³/mol. The number of rotatable bonds is 1. The molecular formula is C7H11NO2S. The van der Waals surface area contributed by atoms with Crippen LogP contribution < -0.4 is 0 Å². The van der Waals surface area contributed by atoms with Gasteiger partial charge in [-0.3, -0.25) is 4.99 Å². The van der Waals surface area contributed by atoms with Gasteiger partial charge in [0.1, 0.15) is 0 Å². The van der Waals surface area contributed by atoms with E-state index in [-0.39, 0.29) is 16.8 Å². The average molecular weight is 173 g/mol. The molecule has 1 atom stereocenters. The lowest BCUT2D eigenvalue weighted by Gasteiger charge is -2.21. The molecule has 1 aliphatic rings. The van der Waals surface area contributed by atoms with Crippen LogP contribution in [0, 0.1) is 0 Å². The third-order valence-electron chi connectivity index (χ3n) is 1.65. The summed E-state index contributed by atoms with van der Waals surface area (Å²) in [5, 5.41) is 0. The minimum Gasteiger partial charge on any atom is -0.467 e. The van der Waals surface area contributed by atoms with Gasteiger partial charge in [-0.2, -0.15) is 0 Å². The highest BCUT2D eigenvalue weighted by molar-refractivity contribution is 8.13. The summed E-state index contributed by atoms with van der Waals surface area (Å²) in [6, 6.07) is -0.336. The van der Waals surface area contributed by atoms with Crippen LogP contribution in [0.4, 0.5) is 0 Å². The fourth-order valence-electron chi connectivity index (χ4n) is 0.927. The first kappa shape index (κ1) is 8.59. The Kier molecular flexibility index (Phi) is 2.23. The van der Waals surface area contributed by atoms with Crippen LogP contribution in [0.5, 0.6) is 0 Å².